The minimum Gasteiger partial charge on any atom is -0.348 e. The van der Waals surface area contributed by atoms with Crippen molar-refractivity contribution in [2.45, 2.75) is 20.0 Å². The molecule has 1 aliphatic rings. The predicted octanol–water partition coefficient (Wildman–Crippen LogP) is 0.985. The van der Waals surface area contributed by atoms with E-state index in [1.165, 1.54) is 11.9 Å². The van der Waals surface area contributed by atoms with Crippen LogP contribution in [0.4, 0.5) is 5.69 Å². The van der Waals surface area contributed by atoms with Crippen LogP contribution in [-0.2, 0) is 23.1 Å². The zero-order valence-corrected chi connectivity index (χ0v) is 19.5. The van der Waals surface area contributed by atoms with Gasteiger partial charge in [-0.2, -0.15) is 0 Å². The first-order valence-corrected chi connectivity index (χ1v) is 12.1. The molecule has 33 heavy (non-hydrogen) atoms. The number of amides is 2. The average Bonchev–Trinajstić information content (AvgIpc) is 2.77. The summed E-state index contributed by atoms with van der Waals surface area (Å²) in [6.07, 6.45) is 1.07. The van der Waals surface area contributed by atoms with Gasteiger partial charge in [-0.25, -0.2) is 17.6 Å². The van der Waals surface area contributed by atoms with Gasteiger partial charge in [0.2, 0.25) is 15.7 Å². The van der Waals surface area contributed by atoms with Gasteiger partial charge in [-0.15, -0.1) is 0 Å². The highest BCUT2D eigenvalue weighted by atomic mass is 32.2. The molecule has 11 heteroatoms. The first-order valence-electron chi connectivity index (χ1n) is 10.2. The number of carbonyl (C=O) groups excluding carboxylic acids is 2. The second-order valence-corrected chi connectivity index (χ2v) is 9.99. The zero-order chi connectivity index (χ0) is 24.3. The number of carbonyl (C=O) groups is 2. The quantitative estimate of drug-likeness (QED) is 0.605. The van der Waals surface area contributed by atoms with Crippen LogP contribution >= 0.6 is 0 Å². The SMILES string of the molecule is [C-]#[N+]c1cc(C(=O)NCc2ccc(C)cc2)c(=O)n2c1C(=O)N(CCN(C)S(C)(=O)=O)CC2. The number of nitrogens with one attached hydrogen (secondary N) is 1. The van der Waals surface area contributed by atoms with Gasteiger partial charge in [0.1, 0.15) is 5.69 Å². The molecule has 0 radical (unpaired) electrons. The highest BCUT2D eigenvalue weighted by molar-refractivity contribution is 7.88. The van der Waals surface area contributed by atoms with E-state index in [1.807, 2.05) is 31.2 Å². The molecule has 2 heterocycles. The Morgan fingerprint density at radius 3 is 2.48 bits per heavy atom. The van der Waals surface area contributed by atoms with Crippen molar-refractivity contribution in [3.05, 3.63) is 74.5 Å². The Morgan fingerprint density at radius 2 is 1.88 bits per heavy atom. The van der Waals surface area contributed by atoms with Crippen LogP contribution in [0.15, 0.2) is 35.1 Å². The van der Waals surface area contributed by atoms with E-state index in [-0.39, 0.29) is 49.7 Å². The molecule has 0 spiro atoms. The number of likely N-dealkylation sites (N-methyl/N-ethyl adjacent to an activating group) is 1. The van der Waals surface area contributed by atoms with Crippen LogP contribution < -0.4 is 10.9 Å². The van der Waals surface area contributed by atoms with E-state index in [1.54, 1.807) is 0 Å². The van der Waals surface area contributed by atoms with E-state index in [9.17, 15) is 22.8 Å². The molecule has 3 rings (SSSR count). The van der Waals surface area contributed by atoms with E-state index in [0.717, 1.165) is 32.3 Å². The van der Waals surface area contributed by atoms with E-state index in [2.05, 4.69) is 10.2 Å². The Hall–Kier alpha value is -3.49. The van der Waals surface area contributed by atoms with Gasteiger partial charge in [-0.1, -0.05) is 29.8 Å². The van der Waals surface area contributed by atoms with E-state index >= 15 is 0 Å². The number of hydrogen-bond acceptors (Lipinski definition) is 5. The Balaban J connectivity index is 1.82. The molecule has 174 valence electrons. The summed E-state index contributed by atoms with van der Waals surface area (Å²) in [5, 5.41) is 2.69. The van der Waals surface area contributed by atoms with E-state index < -0.39 is 27.4 Å². The van der Waals surface area contributed by atoms with Crippen molar-refractivity contribution in [2.75, 3.05) is 32.9 Å². The largest absolute Gasteiger partial charge is 0.348 e. The van der Waals surface area contributed by atoms with Crippen molar-refractivity contribution >= 4 is 27.5 Å². The molecular weight excluding hydrogens is 446 g/mol. The van der Waals surface area contributed by atoms with Crippen LogP contribution in [0.5, 0.6) is 0 Å². The van der Waals surface area contributed by atoms with Gasteiger partial charge in [0.05, 0.1) is 18.4 Å². The molecule has 1 aliphatic heterocycles. The van der Waals surface area contributed by atoms with Crippen molar-refractivity contribution < 1.29 is 18.0 Å². The second kappa shape index (κ2) is 9.56. The third-order valence-corrected chi connectivity index (χ3v) is 6.86. The predicted molar refractivity (Wildman–Crippen MR) is 123 cm³/mol. The minimum atomic E-state index is -3.40. The minimum absolute atomic E-state index is 0.0849. The monoisotopic (exact) mass is 471 g/mol. The Bertz CT molecular complexity index is 1290. The van der Waals surface area contributed by atoms with Crippen LogP contribution in [0.1, 0.15) is 32.0 Å². The second-order valence-electron chi connectivity index (χ2n) is 7.91. The maximum Gasteiger partial charge on any atom is 0.261 e. The molecule has 0 unspecified atom stereocenters. The Labute approximate surface area is 192 Å². The third-order valence-electron chi connectivity index (χ3n) is 5.54. The summed E-state index contributed by atoms with van der Waals surface area (Å²) in [7, 11) is -1.99. The number of fused-ring (bicyclic) bond motifs is 1. The number of sulfonamides is 1. The number of aryl methyl sites for hydroxylation is 1. The summed E-state index contributed by atoms with van der Waals surface area (Å²) in [6.45, 7) is 10.1. The van der Waals surface area contributed by atoms with Gasteiger partial charge < -0.3 is 14.8 Å². The first-order chi connectivity index (χ1) is 15.5. The number of pyridine rings is 1. The standard InChI is InChI=1S/C22H25N5O5S/c1-15-5-7-16(8-6-15)14-24-20(28)17-13-18(23-2)19-22(30)26(11-12-27(19)21(17)29)10-9-25(3)33(4,31)32/h5-8,13H,9-12,14H2,1,3-4H3,(H,24,28). The highest BCUT2D eigenvalue weighted by Crippen LogP contribution is 2.24. The number of hydrogen-bond donors (Lipinski definition) is 1. The summed E-state index contributed by atoms with van der Waals surface area (Å²) < 4.78 is 25.5. The fraction of sp³-hybridized carbons (Fsp3) is 0.364. The lowest BCUT2D eigenvalue weighted by Crippen LogP contribution is -2.48. The van der Waals surface area contributed by atoms with Gasteiger partial charge in [0.25, 0.3) is 17.4 Å². The third kappa shape index (κ3) is 5.30. The molecule has 1 N–H and O–H groups in total. The maximum absolute atomic E-state index is 13.0. The Morgan fingerprint density at radius 1 is 1.21 bits per heavy atom. The molecule has 0 atom stereocenters. The lowest BCUT2D eigenvalue weighted by atomic mass is 10.1. The van der Waals surface area contributed by atoms with Crippen molar-refractivity contribution in [3.8, 4) is 0 Å². The number of rotatable bonds is 7. The number of aromatic nitrogens is 1. The van der Waals surface area contributed by atoms with Crippen molar-refractivity contribution in [3.63, 3.8) is 0 Å². The highest BCUT2D eigenvalue weighted by Gasteiger charge is 2.31. The fourth-order valence-electron chi connectivity index (χ4n) is 3.43. The lowest BCUT2D eigenvalue weighted by molar-refractivity contribution is 0.0695. The molecule has 0 bridgehead atoms. The molecule has 0 saturated heterocycles. The van der Waals surface area contributed by atoms with Crippen molar-refractivity contribution in [1.29, 1.82) is 0 Å². The summed E-state index contributed by atoms with van der Waals surface area (Å²) in [4.78, 5) is 43.4. The lowest BCUT2D eigenvalue weighted by Gasteiger charge is -2.31. The normalized spacial score (nSPS) is 13.5. The van der Waals surface area contributed by atoms with Crippen LogP contribution in [0, 0.1) is 13.5 Å². The van der Waals surface area contributed by atoms with Crippen LogP contribution in [0.2, 0.25) is 0 Å². The van der Waals surface area contributed by atoms with Crippen LogP contribution in [0.25, 0.3) is 4.85 Å². The topological polar surface area (TPSA) is 113 Å². The molecular formula is C22H25N5O5S. The molecule has 2 amide bonds. The summed E-state index contributed by atoms with van der Waals surface area (Å²) in [5.41, 5.74) is 0.929. The molecule has 2 aromatic rings. The molecule has 0 saturated carbocycles. The number of benzene rings is 1. The maximum atomic E-state index is 13.0. The zero-order valence-electron chi connectivity index (χ0n) is 18.7. The summed E-state index contributed by atoms with van der Waals surface area (Å²) >= 11 is 0. The Kier molecular flexibility index (Phi) is 7.00. The van der Waals surface area contributed by atoms with Crippen LogP contribution in [-0.4, -0.2) is 66.9 Å². The smallest absolute Gasteiger partial charge is 0.261 e. The van der Waals surface area contributed by atoms with Gasteiger partial charge in [0, 0.05) is 39.8 Å². The first kappa shape index (κ1) is 24.2. The fourth-order valence-corrected chi connectivity index (χ4v) is 3.85. The van der Waals surface area contributed by atoms with Gasteiger partial charge in [-0.05, 0) is 18.6 Å². The molecule has 0 aliphatic carbocycles. The summed E-state index contributed by atoms with van der Waals surface area (Å²) in [5.74, 6) is -1.16. The van der Waals surface area contributed by atoms with Gasteiger partial charge in [-0.3, -0.25) is 14.4 Å². The molecule has 10 nitrogen and oxygen atoms in total. The summed E-state index contributed by atoms with van der Waals surface area (Å²) in [6, 6.07) is 8.72. The molecule has 1 aromatic carbocycles. The van der Waals surface area contributed by atoms with E-state index in [0.29, 0.717) is 0 Å². The molecule has 1 aromatic heterocycles. The number of nitrogens with zero attached hydrogens (tertiary/aromatic N) is 4. The van der Waals surface area contributed by atoms with Gasteiger partial charge >= 0.3 is 0 Å². The van der Waals surface area contributed by atoms with E-state index in [4.69, 9.17) is 6.57 Å². The molecule has 0 fully saturated rings. The van der Waals surface area contributed by atoms with Crippen molar-refractivity contribution in [1.82, 2.24) is 19.1 Å². The van der Waals surface area contributed by atoms with Crippen molar-refractivity contribution in [2.24, 2.45) is 0 Å². The van der Waals surface area contributed by atoms with Gasteiger partial charge in [0.15, 0.2) is 0 Å². The average molecular weight is 472 g/mol. The van der Waals surface area contributed by atoms with Crippen LogP contribution in [0.3, 0.4) is 0 Å².